The van der Waals surface area contributed by atoms with Crippen LogP contribution in [0.5, 0.6) is 0 Å². The first-order valence-electron chi connectivity index (χ1n) is 16.5. The second kappa shape index (κ2) is 10.7. The molecule has 9 rings (SSSR count). The molecular formula is C47H34. The average molecular weight is 599 g/mol. The Morgan fingerprint density at radius 2 is 0.766 bits per heavy atom. The lowest BCUT2D eigenvalue weighted by molar-refractivity contribution is 0.660. The van der Waals surface area contributed by atoms with E-state index in [1.54, 1.807) is 0 Å². The topological polar surface area (TPSA) is 0 Å². The van der Waals surface area contributed by atoms with Crippen molar-refractivity contribution >= 4 is 21.5 Å². The maximum absolute atomic E-state index is 2.41. The van der Waals surface area contributed by atoms with Crippen molar-refractivity contribution in [3.05, 3.63) is 181 Å². The van der Waals surface area contributed by atoms with Crippen LogP contribution in [0.15, 0.2) is 170 Å². The SMILES string of the molecule is CC1(C)c2ccccc2-c2ccc(-c3ccc(-c4c5ccccc5c(-c5ccccc5-c5ccccc5)c5ccccc45)cc3)cc21. The Balaban J connectivity index is 1.20. The molecule has 1 aliphatic carbocycles. The van der Waals surface area contributed by atoms with E-state index in [1.807, 2.05) is 0 Å². The number of benzene rings is 8. The van der Waals surface area contributed by atoms with Gasteiger partial charge in [-0.05, 0) is 94.4 Å². The highest BCUT2D eigenvalue weighted by molar-refractivity contribution is 6.22. The molecule has 47 heavy (non-hydrogen) atoms. The van der Waals surface area contributed by atoms with E-state index in [1.165, 1.54) is 88.3 Å². The van der Waals surface area contributed by atoms with Crippen molar-refractivity contribution in [3.63, 3.8) is 0 Å². The second-order valence-electron chi connectivity index (χ2n) is 13.3. The molecule has 0 radical (unpaired) electrons. The van der Waals surface area contributed by atoms with Gasteiger partial charge in [0.15, 0.2) is 0 Å². The third kappa shape index (κ3) is 4.29. The maximum atomic E-state index is 2.41. The molecule has 0 nitrogen and oxygen atoms in total. The molecule has 0 aromatic heterocycles. The average Bonchev–Trinajstić information content (AvgIpc) is 3.36. The number of fused-ring (bicyclic) bond motifs is 5. The molecule has 0 aliphatic heterocycles. The van der Waals surface area contributed by atoms with Crippen LogP contribution in [-0.4, -0.2) is 0 Å². The van der Waals surface area contributed by atoms with Gasteiger partial charge in [0.25, 0.3) is 0 Å². The predicted octanol–water partition coefficient (Wildman–Crippen LogP) is 13.0. The fourth-order valence-electron chi connectivity index (χ4n) is 8.01. The number of rotatable bonds is 4. The zero-order valence-corrected chi connectivity index (χ0v) is 26.7. The molecule has 0 heteroatoms. The Hall–Kier alpha value is -5.72. The highest BCUT2D eigenvalue weighted by Crippen LogP contribution is 2.50. The quantitative estimate of drug-likeness (QED) is 0.177. The summed E-state index contributed by atoms with van der Waals surface area (Å²) in [7, 11) is 0. The molecule has 8 aromatic carbocycles. The van der Waals surface area contributed by atoms with Crippen molar-refractivity contribution in [1.82, 2.24) is 0 Å². The van der Waals surface area contributed by atoms with Crippen LogP contribution >= 0.6 is 0 Å². The van der Waals surface area contributed by atoms with E-state index in [0.717, 1.165) is 0 Å². The lowest BCUT2D eigenvalue weighted by atomic mass is 9.81. The Bertz CT molecular complexity index is 2400. The van der Waals surface area contributed by atoms with Gasteiger partial charge in [-0.1, -0.05) is 178 Å². The first kappa shape index (κ1) is 27.6. The minimum absolute atomic E-state index is 0.0133. The van der Waals surface area contributed by atoms with Crippen LogP contribution in [0.4, 0.5) is 0 Å². The van der Waals surface area contributed by atoms with Gasteiger partial charge in [0.2, 0.25) is 0 Å². The molecule has 0 N–H and O–H groups in total. The summed E-state index contributed by atoms with van der Waals surface area (Å²) < 4.78 is 0. The second-order valence-corrected chi connectivity index (χ2v) is 13.3. The van der Waals surface area contributed by atoms with E-state index in [9.17, 15) is 0 Å². The standard InChI is InChI=1S/C47H34/c1-47(2)43-23-13-12-17-36(43)37-29-28-34(30-44(37)47)31-24-26-33(27-25-31)45-39-19-8-10-21-41(39)46(42-22-11-9-20-40(42)45)38-18-7-6-16-35(38)32-14-4-3-5-15-32/h3-30H,1-2H3. The number of hydrogen-bond donors (Lipinski definition) is 0. The third-order valence-electron chi connectivity index (χ3n) is 10.3. The fourth-order valence-corrected chi connectivity index (χ4v) is 8.01. The molecule has 0 heterocycles. The van der Waals surface area contributed by atoms with E-state index in [-0.39, 0.29) is 5.41 Å². The molecular weight excluding hydrogens is 565 g/mol. The largest absolute Gasteiger partial charge is 0.0622 e. The lowest BCUT2D eigenvalue weighted by Crippen LogP contribution is -2.14. The molecule has 1 aliphatic rings. The molecule has 0 spiro atoms. The lowest BCUT2D eigenvalue weighted by Gasteiger charge is -2.22. The van der Waals surface area contributed by atoms with Crippen molar-refractivity contribution in [1.29, 1.82) is 0 Å². The van der Waals surface area contributed by atoms with Crippen molar-refractivity contribution in [2.45, 2.75) is 19.3 Å². The zero-order valence-electron chi connectivity index (χ0n) is 26.7. The maximum Gasteiger partial charge on any atom is 0.0159 e. The van der Waals surface area contributed by atoms with Gasteiger partial charge < -0.3 is 0 Å². The van der Waals surface area contributed by atoms with Crippen LogP contribution in [0.1, 0.15) is 25.0 Å². The van der Waals surface area contributed by atoms with Crippen LogP contribution in [-0.2, 0) is 5.41 Å². The van der Waals surface area contributed by atoms with Crippen molar-refractivity contribution < 1.29 is 0 Å². The summed E-state index contributed by atoms with van der Waals surface area (Å²) in [6.45, 7) is 4.70. The van der Waals surface area contributed by atoms with Crippen LogP contribution in [0.3, 0.4) is 0 Å². The van der Waals surface area contributed by atoms with Crippen molar-refractivity contribution in [2.75, 3.05) is 0 Å². The van der Waals surface area contributed by atoms with Gasteiger partial charge in [-0.2, -0.15) is 0 Å². The minimum atomic E-state index is -0.0133. The molecule has 0 fully saturated rings. The van der Waals surface area contributed by atoms with Crippen LogP contribution in [0.25, 0.3) is 77.2 Å². The van der Waals surface area contributed by atoms with Crippen LogP contribution in [0.2, 0.25) is 0 Å². The van der Waals surface area contributed by atoms with Crippen molar-refractivity contribution in [3.8, 4) is 55.6 Å². The number of hydrogen-bond acceptors (Lipinski definition) is 0. The summed E-state index contributed by atoms with van der Waals surface area (Å²) in [5, 5.41) is 5.09. The summed E-state index contributed by atoms with van der Waals surface area (Å²) in [5.41, 5.74) is 15.6. The van der Waals surface area contributed by atoms with E-state index in [2.05, 4.69) is 184 Å². The Labute approximate surface area is 276 Å². The molecule has 0 atom stereocenters. The van der Waals surface area contributed by atoms with Crippen molar-refractivity contribution in [2.24, 2.45) is 0 Å². The Morgan fingerprint density at radius 1 is 0.298 bits per heavy atom. The van der Waals surface area contributed by atoms with E-state index >= 15 is 0 Å². The van der Waals surface area contributed by atoms with Gasteiger partial charge >= 0.3 is 0 Å². The summed E-state index contributed by atoms with van der Waals surface area (Å²) >= 11 is 0. The normalized spacial score (nSPS) is 13.1. The van der Waals surface area contributed by atoms with Crippen LogP contribution < -0.4 is 0 Å². The van der Waals surface area contributed by atoms with Gasteiger partial charge in [-0.25, -0.2) is 0 Å². The third-order valence-corrected chi connectivity index (χ3v) is 10.3. The molecule has 0 bridgehead atoms. The summed E-state index contributed by atoms with van der Waals surface area (Å²) in [4.78, 5) is 0. The van der Waals surface area contributed by atoms with E-state index in [4.69, 9.17) is 0 Å². The first-order valence-corrected chi connectivity index (χ1v) is 16.5. The molecule has 0 saturated heterocycles. The summed E-state index contributed by atoms with van der Waals surface area (Å²) in [6, 6.07) is 62.5. The van der Waals surface area contributed by atoms with Gasteiger partial charge in [0, 0.05) is 5.41 Å². The highest BCUT2D eigenvalue weighted by atomic mass is 14.4. The van der Waals surface area contributed by atoms with Gasteiger partial charge in [-0.15, -0.1) is 0 Å². The fraction of sp³-hybridized carbons (Fsp3) is 0.0638. The van der Waals surface area contributed by atoms with Crippen LogP contribution in [0, 0.1) is 0 Å². The molecule has 0 unspecified atom stereocenters. The molecule has 0 amide bonds. The van der Waals surface area contributed by atoms with Gasteiger partial charge in [-0.3, -0.25) is 0 Å². The Kier molecular flexibility index (Phi) is 6.27. The molecule has 0 saturated carbocycles. The first-order chi connectivity index (χ1) is 23.1. The summed E-state index contributed by atoms with van der Waals surface area (Å²) in [5.74, 6) is 0. The monoisotopic (exact) mass is 598 g/mol. The highest BCUT2D eigenvalue weighted by Gasteiger charge is 2.35. The minimum Gasteiger partial charge on any atom is -0.0622 e. The van der Waals surface area contributed by atoms with E-state index < -0.39 is 0 Å². The van der Waals surface area contributed by atoms with E-state index in [0.29, 0.717) is 0 Å². The Morgan fingerprint density at radius 3 is 1.43 bits per heavy atom. The zero-order chi connectivity index (χ0) is 31.5. The predicted molar refractivity (Wildman–Crippen MR) is 201 cm³/mol. The summed E-state index contributed by atoms with van der Waals surface area (Å²) in [6.07, 6.45) is 0. The van der Waals surface area contributed by atoms with Gasteiger partial charge in [0.05, 0.1) is 0 Å². The van der Waals surface area contributed by atoms with Gasteiger partial charge in [0.1, 0.15) is 0 Å². The molecule has 8 aromatic rings. The molecule has 222 valence electrons. The smallest absolute Gasteiger partial charge is 0.0159 e.